The van der Waals surface area contributed by atoms with Crippen molar-refractivity contribution in [3.05, 3.63) is 23.0 Å². The van der Waals surface area contributed by atoms with Gasteiger partial charge in [-0.15, -0.1) is 0 Å². The quantitative estimate of drug-likeness (QED) is 0.675. The molecule has 1 fully saturated rings. The van der Waals surface area contributed by atoms with Crippen molar-refractivity contribution in [2.45, 2.75) is 53.5 Å². The summed E-state index contributed by atoms with van der Waals surface area (Å²) in [5.41, 5.74) is 6.12. The second-order valence-electron chi connectivity index (χ2n) is 6.28. The Bertz CT molecular complexity index is 346. The van der Waals surface area contributed by atoms with Crippen molar-refractivity contribution < 1.29 is 4.84 Å². The highest BCUT2D eigenvalue weighted by Gasteiger charge is 2.34. The summed E-state index contributed by atoms with van der Waals surface area (Å²) in [6.07, 6.45) is 4.64. The Morgan fingerprint density at radius 3 is 2.69 bits per heavy atom. The SMILES string of the molecule is CC1=CC(C(C)(C)C)=C2ONC(C)CC2C1. The van der Waals surface area contributed by atoms with Gasteiger partial charge in [-0.3, -0.25) is 0 Å². The summed E-state index contributed by atoms with van der Waals surface area (Å²) in [6, 6.07) is 0.459. The van der Waals surface area contributed by atoms with Crippen molar-refractivity contribution >= 4 is 0 Å². The van der Waals surface area contributed by atoms with Crippen LogP contribution in [0.1, 0.15) is 47.5 Å². The van der Waals surface area contributed by atoms with E-state index < -0.39 is 0 Å². The normalized spacial score (nSPS) is 30.7. The molecule has 1 aliphatic carbocycles. The van der Waals surface area contributed by atoms with Crippen LogP contribution in [0.25, 0.3) is 0 Å². The van der Waals surface area contributed by atoms with Gasteiger partial charge in [0, 0.05) is 12.0 Å². The molecule has 2 aliphatic rings. The predicted molar refractivity (Wildman–Crippen MR) is 66.6 cm³/mol. The van der Waals surface area contributed by atoms with Gasteiger partial charge in [0.25, 0.3) is 0 Å². The molecule has 1 heterocycles. The molecule has 2 atom stereocenters. The van der Waals surface area contributed by atoms with E-state index in [1.165, 1.54) is 23.3 Å². The zero-order valence-electron chi connectivity index (χ0n) is 11.1. The summed E-state index contributed by atoms with van der Waals surface area (Å²) in [4.78, 5) is 5.77. The van der Waals surface area contributed by atoms with E-state index in [1.807, 2.05) is 0 Å². The average molecular weight is 221 g/mol. The maximum atomic E-state index is 5.77. The maximum Gasteiger partial charge on any atom is 0.131 e. The second-order valence-corrected chi connectivity index (χ2v) is 6.28. The molecule has 0 aromatic carbocycles. The summed E-state index contributed by atoms with van der Waals surface area (Å²) >= 11 is 0. The monoisotopic (exact) mass is 221 g/mol. The topological polar surface area (TPSA) is 21.3 Å². The molecule has 0 bridgehead atoms. The number of hydrogen-bond acceptors (Lipinski definition) is 2. The van der Waals surface area contributed by atoms with Crippen LogP contribution in [0.15, 0.2) is 23.0 Å². The molecule has 2 unspecified atom stereocenters. The summed E-state index contributed by atoms with van der Waals surface area (Å²) in [6.45, 7) is 11.2. The van der Waals surface area contributed by atoms with E-state index in [1.54, 1.807) is 0 Å². The van der Waals surface area contributed by atoms with Crippen LogP contribution in [0.5, 0.6) is 0 Å². The third-order valence-electron chi connectivity index (χ3n) is 3.41. The fourth-order valence-electron chi connectivity index (χ4n) is 2.63. The number of fused-ring (bicyclic) bond motifs is 1. The van der Waals surface area contributed by atoms with Crippen LogP contribution in [0.2, 0.25) is 0 Å². The van der Waals surface area contributed by atoms with Crippen LogP contribution >= 0.6 is 0 Å². The zero-order valence-corrected chi connectivity index (χ0v) is 11.1. The second kappa shape index (κ2) is 3.92. The van der Waals surface area contributed by atoms with Crippen molar-refractivity contribution in [3.8, 4) is 0 Å². The van der Waals surface area contributed by atoms with Crippen LogP contribution in [0, 0.1) is 11.3 Å². The highest BCUT2D eigenvalue weighted by atomic mass is 16.7. The van der Waals surface area contributed by atoms with Gasteiger partial charge in [-0.1, -0.05) is 32.4 Å². The molecule has 90 valence electrons. The molecule has 0 spiro atoms. The van der Waals surface area contributed by atoms with Gasteiger partial charge in [0.2, 0.25) is 0 Å². The smallest absolute Gasteiger partial charge is 0.131 e. The minimum Gasteiger partial charge on any atom is -0.412 e. The summed E-state index contributed by atoms with van der Waals surface area (Å²) < 4.78 is 0. The van der Waals surface area contributed by atoms with Gasteiger partial charge < -0.3 is 4.84 Å². The molecular formula is C14H23NO. The number of nitrogens with one attached hydrogen (secondary N) is 1. The number of hydrogen-bond donors (Lipinski definition) is 1. The first kappa shape index (κ1) is 11.7. The Hall–Kier alpha value is -0.760. The molecule has 0 radical (unpaired) electrons. The summed E-state index contributed by atoms with van der Waals surface area (Å²) in [5, 5.41) is 0. The lowest BCUT2D eigenvalue weighted by atomic mass is 9.76. The van der Waals surface area contributed by atoms with Crippen molar-refractivity contribution in [2.24, 2.45) is 11.3 Å². The van der Waals surface area contributed by atoms with Crippen LogP contribution in [-0.4, -0.2) is 6.04 Å². The minimum absolute atomic E-state index is 0.164. The van der Waals surface area contributed by atoms with Gasteiger partial charge in [0.05, 0.1) is 0 Å². The summed E-state index contributed by atoms with van der Waals surface area (Å²) in [5.74, 6) is 1.76. The van der Waals surface area contributed by atoms with E-state index in [0.29, 0.717) is 12.0 Å². The van der Waals surface area contributed by atoms with E-state index in [9.17, 15) is 0 Å². The fraction of sp³-hybridized carbons (Fsp3) is 0.714. The molecule has 1 aliphatic heterocycles. The van der Waals surface area contributed by atoms with Crippen molar-refractivity contribution in [1.82, 2.24) is 5.48 Å². The van der Waals surface area contributed by atoms with Crippen molar-refractivity contribution in [3.63, 3.8) is 0 Å². The van der Waals surface area contributed by atoms with Crippen LogP contribution in [0.3, 0.4) is 0 Å². The lowest BCUT2D eigenvalue weighted by Crippen LogP contribution is -2.38. The molecular weight excluding hydrogens is 198 g/mol. The van der Waals surface area contributed by atoms with Gasteiger partial charge in [0.15, 0.2) is 0 Å². The van der Waals surface area contributed by atoms with Crippen molar-refractivity contribution in [2.75, 3.05) is 0 Å². The molecule has 0 saturated carbocycles. The van der Waals surface area contributed by atoms with Crippen molar-refractivity contribution in [1.29, 1.82) is 0 Å². The Kier molecular flexibility index (Phi) is 2.87. The lowest BCUT2D eigenvalue weighted by molar-refractivity contribution is 0.00940. The highest BCUT2D eigenvalue weighted by molar-refractivity contribution is 5.36. The molecule has 2 heteroatoms. The van der Waals surface area contributed by atoms with Crippen LogP contribution < -0.4 is 5.48 Å². The minimum atomic E-state index is 0.164. The van der Waals surface area contributed by atoms with E-state index in [2.05, 4.69) is 46.2 Å². The first-order valence-electron chi connectivity index (χ1n) is 6.22. The van der Waals surface area contributed by atoms with E-state index >= 15 is 0 Å². The zero-order chi connectivity index (χ0) is 11.9. The van der Waals surface area contributed by atoms with Gasteiger partial charge in [-0.05, 0) is 37.7 Å². The largest absolute Gasteiger partial charge is 0.412 e. The first-order chi connectivity index (χ1) is 7.38. The van der Waals surface area contributed by atoms with E-state index in [0.717, 1.165) is 6.42 Å². The Labute approximate surface area is 98.7 Å². The fourth-order valence-corrected chi connectivity index (χ4v) is 2.63. The number of allylic oxidation sites excluding steroid dienone is 4. The third kappa shape index (κ3) is 2.17. The Morgan fingerprint density at radius 1 is 1.38 bits per heavy atom. The van der Waals surface area contributed by atoms with Gasteiger partial charge in [0.1, 0.15) is 5.76 Å². The number of hydroxylamine groups is 1. The molecule has 1 N–H and O–H groups in total. The molecule has 16 heavy (non-hydrogen) atoms. The average Bonchev–Trinajstić information content (AvgIpc) is 2.14. The maximum absolute atomic E-state index is 5.77. The Morgan fingerprint density at radius 2 is 2.06 bits per heavy atom. The van der Waals surface area contributed by atoms with E-state index in [-0.39, 0.29) is 5.41 Å². The molecule has 0 aromatic heterocycles. The third-order valence-corrected chi connectivity index (χ3v) is 3.41. The molecule has 1 saturated heterocycles. The summed E-state index contributed by atoms with van der Waals surface area (Å²) in [7, 11) is 0. The predicted octanol–water partition coefficient (Wildman–Crippen LogP) is 3.57. The molecule has 2 rings (SSSR count). The Balaban J connectivity index is 2.38. The van der Waals surface area contributed by atoms with Gasteiger partial charge >= 0.3 is 0 Å². The van der Waals surface area contributed by atoms with Crippen LogP contribution in [0.4, 0.5) is 0 Å². The molecule has 0 aromatic rings. The highest BCUT2D eigenvalue weighted by Crippen LogP contribution is 2.41. The van der Waals surface area contributed by atoms with Gasteiger partial charge in [-0.2, -0.15) is 5.48 Å². The standard InChI is InChI=1S/C14H23NO/c1-9-6-11-8-10(2)15-16-13(11)12(7-9)14(3,4)5/h7,10-11,15H,6,8H2,1-5H3. The number of rotatable bonds is 0. The van der Waals surface area contributed by atoms with Crippen LogP contribution in [-0.2, 0) is 4.84 Å². The van der Waals surface area contributed by atoms with E-state index in [4.69, 9.17) is 4.84 Å². The molecule has 0 amide bonds. The van der Waals surface area contributed by atoms with Gasteiger partial charge in [-0.25, -0.2) is 0 Å². The first-order valence-corrected chi connectivity index (χ1v) is 6.22. The molecule has 2 nitrogen and oxygen atoms in total. The lowest BCUT2D eigenvalue weighted by Gasteiger charge is -2.37.